The molecule has 1 aromatic heterocycles. The third-order valence-electron chi connectivity index (χ3n) is 5.85. The Morgan fingerprint density at radius 2 is 2.00 bits per heavy atom. The number of hydrogen-bond donors (Lipinski definition) is 0. The summed E-state index contributed by atoms with van der Waals surface area (Å²) in [5.41, 5.74) is 2.46. The first kappa shape index (κ1) is 21.2. The third kappa shape index (κ3) is 4.79. The number of methoxy groups -OCH3 is 1. The first-order valence-corrected chi connectivity index (χ1v) is 9.68. The zero-order chi connectivity index (χ0) is 17.8. The molecule has 0 spiro atoms. The second-order valence-electron chi connectivity index (χ2n) is 7.89. The fourth-order valence-corrected chi connectivity index (χ4v) is 4.04. The van der Waals surface area contributed by atoms with Gasteiger partial charge in [0.15, 0.2) is 17.8 Å². The lowest BCUT2D eigenvalue weighted by atomic mass is 9.76. The van der Waals surface area contributed by atoms with Crippen molar-refractivity contribution in [2.75, 3.05) is 13.7 Å². The highest BCUT2D eigenvalue weighted by atomic mass is 35.5. The van der Waals surface area contributed by atoms with Crippen LogP contribution in [0.25, 0.3) is 11.0 Å². The quantitative estimate of drug-likeness (QED) is 0.670. The summed E-state index contributed by atoms with van der Waals surface area (Å²) in [5.74, 6) is 2.20. The topological polar surface area (TPSA) is 27.3 Å². The zero-order valence-corrected chi connectivity index (χ0v) is 17.3. The number of rotatable bonds is 7. The summed E-state index contributed by atoms with van der Waals surface area (Å²) in [7, 11) is 1.75. The average molecular weight is 381 g/mol. The number of nitrogens with zero attached hydrogens (tertiary/aromatic N) is 2. The molecule has 0 amide bonds. The predicted octanol–water partition coefficient (Wildman–Crippen LogP) is 1.01. The Morgan fingerprint density at radius 3 is 2.73 bits per heavy atom. The number of aromatic nitrogens is 2. The van der Waals surface area contributed by atoms with Crippen molar-refractivity contribution in [2.45, 2.75) is 59.4 Å². The van der Waals surface area contributed by atoms with Gasteiger partial charge in [0.1, 0.15) is 6.54 Å². The maximum absolute atomic E-state index is 6.41. The SMILES string of the molecule is COCCn1c[n+](CO[C@H]2C[C@H](C(C)C)CC[C@@H]2C)c2ccccc21.[Cl-]. The minimum absolute atomic E-state index is 0. The van der Waals surface area contributed by atoms with Gasteiger partial charge in [-0.25, -0.2) is 9.13 Å². The molecule has 1 fully saturated rings. The van der Waals surface area contributed by atoms with Gasteiger partial charge in [-0.1, -0.05) is 32.9 Å². The lowest BCUT2D eigenvalue weighted by molar-refractivity contribution is -0.713. The number of benzene rings is 1. The highest BCUT2D eigenvalue weighted by Crippen LogP contribution is 2.34. The molecule has 0 saturated heterocycles. The van der Waals surface area contributed by atoms with Crippen molar-refractivity contribution in [3.63, 3.8) is 0 Å². The third-order valence-corrected chi connectivity index (χ3v) is 5.85. The molecule has 3 rings (SSSR count). The summed E-state index contributed by atoms with van der Waals surface area (Å²) in [6.45, 7) is 9.23. The van der Waals surface area contributed by atoms with Gasteiger partial charge in [-0.3, -0.25) is 0 Å². The maximum Gasteiger partial charge on any atom is 0.246 e. The summed E-state index contributed by atoms with van der Waals surface area (Å²) in [6, 6.07) is 8.52. The maximum atomic E-state index is 6.41. The van der Waals surface area contributed by atoms with Gasteiger partial charge in [0.2, 0.25) is 6.33 Å². The zero-order valence-electron chi connectivity index (χ0n) is 16.5. The van der Waals surface area contributed by atoms with Crippen molar-refractivity contribution in [1.82, 2.24) is 4.57 Å². The molecule has 5 heteroatoms. The van der Waals surface area contributed by atoms with E-state index >= 15 is 0 Å². The molecule has 146 valence electrons. The molecule has 1 heterocycles. The van der Waals surface area contributed by atoms with Crippen molar-refractivity contribution in [3.8, 4) is 0 Å². The van der Waals surface area contributed by atoms with Gasteiger partial charge in [0.05, 0.1) is 12.7 Å². The van der Waals surface area contributed by atoms with E-state index in [-0.39, 0.29) is 12.4 Å². The highest BCUT2D eigenvalue weighted by molar-refractivity contribution is 5.71. The average Bonchev–Trinajstić information content (AvgIpc) is 2.97. The monoisotopic (exact) mass is 380 g/mol. The molecule has 26 heavy (non-hydrogen) atoms. The Balaban J connectivity index is 0.00000243. The minimum Gasteiger partial charge on any atom is -1.00 e. The number of fused-ring (bicyclic) bond motifs is 1. The van der Waals surface area contributed by atoms with Gasteiger partial charge < -0.3 is 21.9 Å². The van der Waals surface area contributed by atoms with Gasteiger partial charge in [0.25, 0.3) is 0 Å². The van der Waals surface area contributed by atoms with Crippen LogP contribution in [0.1, 0.15) is 40.0 Å². The minimum atomic E-state index is 0. The van der Waals surface area contributed by atoms with Gasteiger partial charge in [0, 0.05) is 7.11 Å². The molecule has 0 bridgehead atoms. The van der Waals surface area contributed by atoms with Crippen LogP contribution in [0.3, 0.4) is 0 Å². The summed E-state index contributed by atoms with van der Waals surface area (Å²) in [6.07, 6.45) is 6.36. The largest absolute Gasteiger partial charge is 1.00 e. The Labute approximate surface area is 163 Å². The Morgan fingerprint density at radius 1 is 1.23 bits per heavy atom. The van der Waals surface area contributed by atoms with E-state index in [0.29, 0.717) is 18.8 Å². The smallest absolute Gasteiger partial charge is 0.246 e. The first-order valence-electron chi connectivity index (χ1n) is 9.68. The standard InChI is InChI=1S/C21H33N2O2.ClH/c1-16(2)18-10-9-17(3)21(13-18)25-15-23-14-22(11-12-24-4)19-7-5-6-8-20(19)23;/h5-8,14,16-18,21H,9-13,15H2,1-4H3;1H/q+1;/p-1/t17-,18+,21-;/m0./s1. The van der Waals surface area contributed by atoms with E-state index in [4.69, 9.17) is 9.47 Å². The van der Waals surface area contributed by atoms with Gasteiger partial charge >= 0.3 is 0 Å². The van der Waals surface area contributed by atoms with Gasteiger partial charge in [-0.2, -0.15) is 0 Å². The van der Waals surface area contributed by atoms with Crippen LogP contribution in [-0.4, -0.2) is 24.4 Å². The van der Waals surface area contributed by atoms with Gasteiger partial charge in [-0.05, 0) is 49.1 Å². The van der Waals surface area contributed by atoms with Crippen LogP contribution in [0.15, 0.2) is 30.6 Å². The predicted molar refractivity (Wildman–Crippen MR) is 100 cm³/mol. The second-order valence-corrected chi connectivity index (χ2v) is 7.89. The first-order chi connectivity index (χ1) is 12.1. The van der Waals surface area contributed by atoms with Crippen LogP contribution in [0.2, 0.25) is 0 Å². The number of imidazole rings is 1. The van der Waals surface area contributed by atoms with Crippen molar-refractivity contribution < 1.29 is 26.4 Å². The lowest BCUT2D eigenvalue weighted by Crippen LogP contribution is -3.00. The van der Waals surface area contributed by atoms with E-state index in [1.165, 1.54) is 30.3 Å². The van der Waals surface area contributed by atoms with E-state index < -0.39 is 0 Å². The molecular weight excluding hydrogens is 348 g/mol. The second kappa shape index (κ2) is 9.72. The molecule has 1 aromatic carbocycles. The Bertz CT molecular complexity index is 686. The molecule has 0 N–H and O–H groups in total. The summed E-state index contributed by atoms with van der Waals surface area (Å²) < 4.78 is 16.1. The van der Waals surface area contributed by atoms with Crippen molar-refractivity contribution in [3.05, 3.63) is 30.6 Å². The summed E-state index contributed by atoms with van der Waals surface area (Å²) in [4.78, 5) is 0. The Kier molecular flexibility index (Phi) is 7.93. The molecule has 3 atom stereocenters. The van der Waals surface area contributed by atoms with Gasteiger partial charge in [-0.15, -0.1) is 0 Å². The molecular formula is C21H33ClN2O2. The fourth-order valence-electron chi connectivity index (χ4n) is 4.04. The summed E-state index contributed by atoms with van der Waals surface area (Å²) >= 11 is 0. The van der Waals surface area contributed by atoms with E-state index in [2.05, 4.69) is 60.5 Å². The number of para-hydroxylation sites is 2. The van der Waals surface area contributed by atoms with E-state index in [1.807, 2.05) is 0 Å². The molecule has 1 saturated carbocycles. The molecule has 0 aliphatic heterocycles. The van der Waals surface area contributed by atoms with Crippen molar-refractivity contribution in [2.24, 2.45) is 17.8 Å². The van der Waals surface area contributed by atoms with E-state index in [1.54, 1.807) is 7.11 Å². The molecule has 1 aliphatic rings. The molecule has 4 nitrogen and oxygen atoms in total. The number of ether oxygens (including phenoxy) is 2. The molecule has 0 unspecified atom stereocenters. The Hall–Kier alpha value is -1.10. The van der Waals surface area contributed by atoms with Crippen LogP contribution >= 0.6 is 0 Å². The van der Waals surface area contributed by atoms with Crippen molar-refractivity contribution in [1.29, 1.82) is 0 Å². The van der Waals surface area contributed by atoms with E-state index in [0.717, 1.165) is 25.0 Å². The van der Waals surface area contributed by atoms with Crippen LogP contribution in [0.4, 0.5) is 0 Å². The fraction of sp³-hybridized carbons (Fsp3) is 0.667. The number of hydrogen-bond acceptors (Lipinski definition) is 2. The number of halogens is 1. The van der Waals surface area contributed by atoms with E-state index in [9.17, 15) is 0 Å². The molecule has 1 aliphatic carbocycles. The van der Waals surface area contributed by atoms with Crippen molar-refractivity contribution >= 4 is 11.0 Å². The summed E-state index contributed by atoms with van der Waals surface area (Å²) in [5, 5.41) is 0. The highest BCUT2D eigenvalue weighted by Gasteiger charge is 2.30. The normalized spacial score (nSPS) is 23.3. The lowest BCUT2D eigenvalue weighted by Gasteiger charge is -2.35. The van der Waals surface area contributed by atoms with Crippen LogP contribution in [-0.2, 0) is 22.7 Å². The molecule has 2 aromatic rings. The van der Waals surface area contributed by atoms with Crippen LogP contribution in [0, 0.1) is 17.8 Å². The van der Waals surface area contributed by atoms with Crippen LogP contribution < -0.4 is 17.0 Å². The van der Waals surface area contributed by atoms with Crippen LogP contribution in [0.5, 0.6) is 0 Å². The molecule has 0 radical (unpaired) electrons.